The van der Waals surface area contributed by atoms with E-state index < -0.39 is 11.9 Å². The molecule has 1 aliphatic heterocycles. The van der Waals surface area contributed by atoms with E-state index in [0.717, 1.165) is 11.3 Å². The Morgan fingerprint density at radius 2 is 1.76 bits per heavy atom. The highest BCUT2D eigenvalue weighted by atomic mass is 79.9. The summed E-state index contributed by atoms with van der Waals surface area (Å²) in [6, 6.07) is 20.2. The van der Waals surface area contributed by atoms with Crippen LogP contribution in [0.25, 0.3) is 0 Å². The van der Waals surface area contributed by atoms with Gasteiger partial charge in [-0.25, -0.2) is 4.79 Å². The van der Waals surface area contributed by atoms with Gasteiger partial charge in [0.05, 0.1) is 16.7 Å². The fraction of sp³-hybridized carbons (Fsp3) is 0.273. The summed E-state index contributed by atoms with van der Waals surface area (Å²) in [5, 5.41) is 14.6. The second-order valence-electron chi connectivity index (χ2n) is 10.1. The van der Waals surface area contributed by atoms with Crippen LogP contribution >= 0.6 is 27.5 Å². The van der Waals surface area contributed by atoms with Gasteiger partial charge in [0.15, 0.2) is 17.3 Å². The maximum Gasteiger partial charge on any atom is 0.336 e. The number of ketones is 1. The minimum atomic E-state index is -0.724. The lowest BCUT2D eigenvalue weighted by Gasteiger charge is -2.37. The topological polar surface area (TPSA) is 94.1 Å². The number of phenolic OH excluding ortho intramolecular Hbond substituents is 1. The summed E-state index contributed by atoms with van der Waals surface area (Å²) in [7, 11) is 0. The van der Waals surface area contributed by atoms with Gasteiger partial charge in [-0.15, -0.1) is 0 Å². The average Bonchev–Trinajstić information content (AvgIpc) is 2.97. The monoisotopic (exact) mass is 651 g/mol. The highest BCUT2D eigenvalue weighted by Gasteiger charge is 2.42. The van der Waals surface area contributed by atoms with E-state index in [2.05, 4.69) is 21.2 Å². The molecule has 2 unspecified atom stereocenters. The number of carbonyl (C=O) groups is 2. The summed E-state index contributed by atoms with van der Waals surface area (Å²) in [6.45, 7) is 4.16. The van der Waals surface area contributed by atoms with Crippen molar-refractivity contribution in [2.24, 2.45) is 0 Å². The molecule has 0 aromatic heterocycles. The molecule has 3 aromatic rings. The molecule has 3 aromatic carbocycles. The summed E-state index contributed by atoms with van der Waals surface area (Å²) in [5.41, 5.74) is 3.85. The zero-order chi connectivity index (χ0) is 29.8. The SMILES string of the molecule is CCOc1cc(C2C(C(=O)OCCOc3ccccc3)=C(C)NC3=C2C(=O)CC(c2ccc(Cl)cc2)C3)cc(Br)c1O. The third-order valence-corrected chi connectivity index (χ3v) is 8.26. The van der Waals surface area contributed by atoms with Crippen LogP contribution in [0.4, 0.5) is 0 Å². The highest BCUT2D eigenvalue weighted by Crippen LogP contribution is 2.48. The molecule has 218 valence electrons. The lowest BCUT2D eigenvalue weighted by atomic mass is 9.71. The summed E-state index contributed by atoms with van der Waals surface area (Å²) in [5.74, 6) is -0.501. The number of benzene rings is 3. The van der Waals surface area contributed by atoms with Crippen LogP contribution in [0.2, 0.25) is 5.02 Å². The van der Waals surface area contributed by atoms with Gasteiger partial charge in [-0.3, -0.25) is 4.79 Å². The molecule has 0 radical (unpaired) electrons. The summed E-state index contributed by atoms with van der Waals surface area (Å²) in [4.78, 5) is 27.6. The van der Waals surface area contributed by atoms with Gasteiger partial charge in [0.2, 0.25) is 0 Å². The number of aromatic hydroxyl groups is 1. The number of dihydropyridines is 1. The molecule has 9 heteroatoms. The Balaban J connectivity index is 1.48. The standard InChI is InChI=1S/C33H31BrClNO6/c1-3-40-28-18-22(15-25(34)32(28)38)30-29(33(39)42-14-13-41-24-7-5-4-6-8-24)19(2)36-26-16-21(17-27(37)31(26)30)20-9-11-23(35)12-10-20/h4-12,15,18,21,30,36,38H,3,13-14,16-17H2,1-2H3. The minimum Gasteiger partial charge on any atom is -0.503 e. The molecule has 0 spiro atoms. The Bertz CT molecular complexity index is 1550. The van der Waals surface area contributed by atoms with Gasteiger partial charge < -0.3 is 24.6 Å². The van der Waals surface area contributed by atoms with Crippen LogP contribution in [0.15, 0.2) is 93.7 Å². The average molecular weight is 653 g/mol. The van der Waals surface area contributed by atoms with Gasteiger partial charge in [-0.05, 0) is 89.6 Å². The number of nitrogens with one attached hydrogen (secondary N) is 1. The zero-order valence-corrected chi connectivity index (χ0v) is 25.6. The molecule has 0 fully saturated rings. The van der Waals surface area contributed by atoms with Crippen LogP contribution in [-0.4, -0.2) is 36.7 Å². The molecule has 0 saturated heterocycles. The first-order valence-corrected chi connectivity index (χ1v) is 14.9. The minimum absolute atomic E-state index is 0.0270. The van der Waals surface area contributed by atoms with Crippen molar-refractivity contribution in [2.45, 2.75) is 38.5 Å². The van der Waals surface area contributed by atoms with E-state index in [1.165, 1.54) is 0 Å². The van der Waals surface area contributed by atoms with Crippen molar-refractivity contribution in [2.75, 3.05) is 19.8 Å². The van der Waals surface area contributed by atoms with E-state index in [-0.39, 0.29) is 42.8 Å². The number of carbonyl (C=O) groups excluding carboxylic acids is 2. The number of Topliss-reactive ketones (excluding diaryl/α,β-unsaturated/α-hetero) is 1. The van der Waals surface area contributed by atoms with Crippen molar-refractivity contribution < 1.29 is 28.9 Å². The number of hydrogen-bond donors (Lipinski definition) is 2. The molecule has 2 aliphatic rings. The molecule has 42 heavy (non-hydrogen) atoms. The number of para-hydroxylation sites is 1. The molecule has 2 atom stereocenters. The first-order valence-electron chi connectivity index (χ1n) is 13.8. The number of rotatable bonds is 9. The number of ether oxygens (including phenoxy) is 3. The molecule has 0 saturated carbocycles. The molecule has 1 heterocycles. The van der Waals surface area contributed by atoms with Crippen LogP contribution < -0.4 is 14.8 Å². The molecule has 7 nitrogen and oxygen atoms in total. The lowest BCUT2D eigenvalue weighted by Crippen LogP contribution is -2.36. The molecule has 2 N–H and O–H groups in total. The normalized spacial score (nSPS) is 18.3. The van der Waals surface area contributed by atoms with Crippen LogP contribution in [0.1, 0.15) is 49.7 Å². The quantitative estimate of drug-likeness (QED) is 0.187. The van der Waals surface area contributed by atoms with Crippen LogP contribution in [0, 0.1) is 0 Å². The molecule has 0 amide bonds. The van der Waals surface area contributed by atoms with E-state index in [0.29, 0.717) is 50.7 Å². The Morgan fingerprint density at radius 1 is 1.02 bits per heavy atom. The largest absolute Gasteiger partial charge is 0.503 e. The molecule has 1 aliphatic carbocycles. The second kappa shape index (κ2) is 13.0. The van der Waals surface area contributed by atoms with Crippen molar-refractivity contribution >= 4 is 39.3 Å². The van der Waals surface area contributed by atoms with E-state index in [1.54, 1.807) is 12.1 Å². The number of halogens is 2. The van der Waals surface area contributed by atoms with Gasteiger partial charge in [0.25, 0.3) is 0 Å². The molecular weight excluding hydrogens is 622 g/mol. The van der Waals surface area contributed by atoms with Crippen LogP contribution in [-0.2, 0) is 14.3 Å². The number of esters is 1. The number of allylic oxidation sites excluding steroid dienone is 3. The Kier molecular flexibility index (Phi) is 9.24. The molecule has 5 rings (SSSR count). The van der Waals surface area contributed by atoms with Crippen molar-refractivity contribution in [3.05, 3.63) is 110 Å². The van der Waals surface area contributed by atoms with Crippen molar-refractivity contribution in [3.63, 3.8) is 0 Å². The van der Waals surface area contributed by atoms with E-state index in [1.807, 2.05) is 68.4 Å². The maximum atomic E-state index is 13.9. The predicted molar refractivity (Wildman–Crippen MR) is 164 cm³/mol. The fourth-order valence-corrected chi connectivity index (χ4v) is 6.11. The third-order valence-electron chi connectivity index (χ3n) is 7.40. The number of hydrogen-bond acceptors (Lipinski definition) is 7. The molecule has 0 bridgehead atoms. The Hall–Kier alpha value is -3.75. The van der Waals surface area contributed by atoms with Crippen molar-refractivity contribution in [1.82, 2.24) is 5.32 Å². The first-order chi connectivity index (χ1) is 20.3. The van der Waals surface area contributed by atoms with Gasteiger partial charge in [0, 0.05) is 34.3 Å². The van der Waals surface area contributed by atoms with Gasteiger partial charge in [-0.1, -0.05) is 41.9 Å². The van der Waals surface area contributed by atoms with E-state index >= 15 is 0 Å². The van der Waals surface area contributed by atoms with E-state index in [9.17, 15) is 14.7 Å². The zero-order valence-electron chi connectivity index (χ0n) is 23.3. The van der Waals surface area contributed by atoms with Crippen molar-refractivity contribution in [3.8, 4) is 17.2 Å². The van der Waals surface area contributed by atoms with Crippen LogP contribution in [0.5, 0.6) is 17.2 Å². The fourth-order valence-electron chi connectivity index (χ4n) is 5.53. The summed E-state index contributed by atoms with van der Waals surface area (Å²) < 4.78 is 17.4. The van der Waals surface area contributed by atoms with Gasteiger partial charge >= 0.3 is 5.97 Å². The predicted octanol–water partition coefficient (Wildman–Crippen LogP) is 7.19. The lowest BCUT2D eigenvalue weighted by molar-refractivity contribution is -0.140. The van der Waals surface area contributed by atoms with Crippen LogP contribution in [0.3, 0.4) is 0 Å². The summed E-state index contributed by atoms with van der Waals surface area (Å²) in [6.07, 6.45) is 0.865. The second-order valence-corrected chi connectivity index (χ2v) is 11.4. The third kappa shape index (κ3) is 6.35. The summed E-state index contributed by atoms with van der Waals surface area (Å²) >= 11 is 9.52. The maximum absolute atomic E-state index is 13.9. The highest BCUT2D eigenvalue weighted by molar-refractivity contribution is 9.10. The Morgan fingerprint density at radius 3 is 2.48 bits per heavy atom. The molecular formula is C33H31BrClNO6. The van der Waals surface area contributed by atoms with Gasteiger partial charge in [-0.2, -0.15) is 0 Å². The first kappa shape index (κ1) is 29.7. The smallest absolute Gasteiger partial charge is 0.336 e. The van der Waals surface area contributed by atoms with E-state index in [4.69, 9.17) is 25.8 Å². The number of phenols is 1. The van der Waals surface area contributed by atoms with Gasteiger partial charge in [0.1, 0.15) is 19.0 Å². The Labute approximate surface area is 258 Å². The van der Waals surface area contributed by atoms with Crippen molar-refractivity contribution in [1.29, 1.82) is 0 Å².